The summed E-state index contributed by atoms with van der Waals surface area (Å²) >= 11 is 0. The fourth-order valence-electron chi connectivity index (χ4n) is 3.40. The number of nitrogens with zero attached hydrogens (tertiary/aromatic N) is 2. The maximum absolute atomic E-state index is 10.6. The van der Waals surface area contributed by atoms with Crippen molar-refractivity contribution in [3.05, 3.63) is 24.2 Å². The van der Waals surface area contributed by atoms with Crippen molar-refractivity contribution in [3.63, 3.8) is 0 Å². The number of aliphatic hydroxyl groups is 1. The summed E-state index contributed by atoms with van der Waals surface area (Å²) in [5, 5.41) is 17.3. The van der Waals surface area contributed by atoms with Gasteiger partial charge in [0.05, 0.1) is 12.8 Å². The van der Waals surface area contributed by atoms with Gasteiger partial charge in [0, 0.05) is 19.1 Å². The highest BCUT2D eigenvalue weighted by molar-refractivity contribution is 14.0. The second kappa shape index (κ2) is 12.6. The van der Waals surface area contributed by atoms with Crippen LogP contribution in [0.3, 0.4) is 0 Å². The van der Waals surface area contributed by atoms with E-state index in [1.54, 1.807) is 25.3 Å². The minimum atomic E-state index is -1.11. The molecule has 156 valence electrons. The third-order valence-corrected chi connectivity index (χ3v) is 4.99. The molecule has 0 amide bonds. The maximum Gasteiger partial charge on any atom is 0.191 e. The number of hydrogen-bond acceptors (Lipinski definition) is 4. The lowest BCUT2D eigenvalue weighted by Gasteiger charge is -2.36. The van der Waals surface area contributed by atoms with Crippen molar-refractivity contribution in [2.24, 2.45) is 4.99 Å². The molecule has 0 saturated carbocycles. The van der Waals surface area contributed by atoms with Gasteiger partial charge in [0.2, 0.25) is 0 Å². The lowest BCUT2D eigenvalue weighted by atomic mass is 10.0. The molecular formula is C20H37IN4O2. The molecule has 1 saturated heterocycles. The van der Waals surface area contributed by atoms with Crippen molar-refractivity contribution in [3.8, 4) is 0 Å². The molecule has 1 fully saturated rings. The van der Waals surface area contributed by atoms with Gasteiger partial charge in [-0.2, -0.15) is 0 Å². The van der Waals surface area contributed by atoms with E-state index in [1.807, 2.05) is 0 Å². The minimum Gasteiger partial charge on any atom is -0.466 e. The van der Waals surface area contributed by atoms with Gasteiger partial charge in [-0.1, -0.05) is 19.8 Å². The highest BCUT2D eigenvalue weighted by Gasteiger charge is 2.26. The zero-order valence-electron chi connectivity index (χ0n) is 17.0. The Kier molecular flexibility index (Phi) is 11.3. The summed E-state index contributed by atoms with van der Waals surface area (Å²) in [6, 6.07) is 4.12. The Bertz CT molecular complexity index is 534. The van der Waals surface area contributed by atoms with Crippen LogP contribution < -0.4 is 10.6 Å². The zero-order chi connectivity index (χ0) is 18.8. The first-order valence-corrected chi connectivity index (χ1v) is 10.1. The van der Waals surface area contributed by atoms with E-state index in [9.17, 15) is 5.11 Å². The standard InChI is InChI=1S/C20H36N4O2.HI/c1-4-6-12-24-13-8-7-10-17(24)15-22-19(21-5-2)23-16-20(3,25)18-11-9-14-26-18;/h9,11,14,17,25H,4-8,10,12-13,15-16H2,1-3H3,(H2,21,22,23);1H. The van der Waals surface area contributed by atoms with Crippen LogP contribution in [0.2, 0.25) is 0 Å². The second-order valence-corrected chi connectivity index (χ2v) is 7.37. The van der Waals surface area contributed by atoms with Gasteiger partial charge in [0.15, 0.2) is 5.96 Å². The molecule has 0 radical (unpaired) electrons. The van der Waals surface area contributed by atoms with Crippen molar-refractivity contribution < 1.29 is 9.52 Å². The van der Waals surface area contributed by atoms with Crippen LogP contribution in [-0.2, 0) is 5.60 Å². The largest absolute Gasteiger partial charge is 0.466 e. The Balaban J connectivity index is 0.00000364. The number of unbranched alkanes of at least 4 members (excludes halogenated alkanes) is 1. The molecule has 0 bridgehead atoms. The van der Waals surface area contributed by atoms with E-state index in [4.69, 9.17) is 4.42 Å². The van der Waals surface area contributed by atoms with E-state index in [0.717, 1.165) is 19.0 Å². The summed E-state index contributed by atoms with van der Waals surface area (Å²) in [7, 11) is 0. The van der Waals surface area contributed by atoms with Crippen LogP contribution >= 0.6 is 24.0 Å². The van der Waals surface area contributed by atoms with Crippen LogP contribution in [0.15, 0.2) is 27.8 Å². The van der Waals surface area contributed by atoms with Gasteiger partial charge >= 0.3 is 0 Å². The summed E-state index contributed by atoms with van der Waals surface area (Å²) in [6.45, 7) is 10.3. The van der Waals surface area contributed by atoms with Crippen LogP contribution in [0.1, 0.15) is 58.6 Å². The fourth-order valence-corrected chi connectivity index (χ4v) is 3.40. The SMILES string of the molecule is CCCCN1CCCCC1CNC(=NCC(C)(O)c1ccco1)NCC.I. The monoisotopic (exact) mass is 492 g/mol. The van der Waals surface area contributed by atoms with E-state index in [2.05, 4.69) is 34.4 Å². The Labute approximate surface area is 181 Å². The lowest BCUT2D eigenvalue weighted by molar-refractivity contribution is 0.0436. The summed E-state index contributed by atoms with van der Waals surface area (Å²) in [5.41, 5.74) is -1.11. The molecule has 1 aliphatic rings. The number of rotatable bonds is 9. The molecule has 1 aromatic rings. The summed E-state index contributed by atoms with van der Waals surface area (Å²) in [4.78, 5) is 7.19. The molecule has 2 unspecified atom stereocenters. The third kappa shape index (κ3) is 7.99. The number of piperidine rings is 1. The van der Waals surface area contributed by atoms with E-state index in [-0.39, 0.29) is 30.5 Å². The van der Waals surface area contributed by atoms with Crippen molar-refractivity contribution in [1.29, 1.82) is 0 Å². The van der Waals surface area contributed by atoms with Crippen LogP contribution in [0.4, 0.5) is 0 Å². The molecule has 1 aliphatic heterocycles. The zero-order valence-corrected chi connectivity index (χ0v) is 19.4. The predicted octanol–water partition coefficient (Wildman–Crippen LogP) is 3.31. The lowest BCUT2D eigenvalue weighted by Crippen LogP contribution is -2.49. The highest BCUT2D eigenvalue weighted by Crippen LogP contribution is 2.21. The number of halogens is 1. The molecular weight excluding hydrogens is 455 g/mol. The van der Waals surface area contributed by atoms with E-state index < -0.39 is 5.60 Å². The van der Waals surface area contributed by atoms with Gasteiger partial charge in [-0.15, -0.1) is 24.0 Å². The Morgan fingerprint density at radius 3 is 2.85 bits per heavy atom. The second-order valence-electron chi connectivity index (χ2n) is 7.37. The molecule has 2 rings (SSSR count). The van der Waals surface area contributed by atoms with Gasteiger partial charge in [0.1, 0.15) is 11.4 Å². The quantitative estimate of drug-likeness (QED) is 0.280. The van der Waals surface area contributed by atoms with Gasteiger partial charge in [-0.25, -0.2) is 4.99 Å². The average Bonchev–Trinajstić information content (AvgIpc) is 3.19. The van der Waals surface area contributed by atoms with E-state index in [1.165, 1.54) is 45.2 Å². The van der Waals surface area contributed by atoms with Crippen molar-refractivity contribution in [2.45, 2.75) is 64.5 Å². The third-order valence-electron chi connectivity index (χ3n) is 4.99. The van der Waals surface area contributed by atoms with Gasteiger partial charge < -0.3 is 20.2 Å². The van der Waals surface area contributed by atoms with Crippen LogP contribution in [0, 0.1) is 0 Å². The first-order valence-electron chi connectivity index (χ1n) is 10.1. The fraction of sp³-hybridized carbons (Fsp3) is 0.750. The van der Waals surface area contributed by atoms with Gasteiger partial charge in [-0.3, -0.25) is 4.90 Å². The molecule has 27 heavy (non-hydrogen) atoms. The van der Waals surface area contributed by atoms with Crippen LogP contribution in [0.25, 0.3) is 0 Å². The van der Waals surface area contributed by atoms with Crippen LogP contribution in [-0.4, -0.2) is 54.7 Å². The Morgan fingerprint density at radius 1 is 1.37 bits per heavy atom. The first-order chi connectivity index (χ1) is 12.6. The normalized spacial score (nSPS) is 20.6. The van der Waals surface area contributed by atoms with Crippen molar-refractivity contribution in [2.75, 3.05) is 32.7 Å². The summed E-state index contributed by atoms with van der Waals surface area (Å²) in [6.07, 6.45) is 7.92. The molecule has 7 heteroatoms. The van der Waals surface area contributed by atoms with Crippen molar-refractivity contribution in [1.82, 2.24) is 15.5 Å². The first kappa shape index (κ1) is 24.2. The number of likely N-dealkylation sites (tertiary alicyclic amines) is 1. The number of aliphatic imine (C=N–C) groups is 1. The van der Waals surface area contributed by atoms with Crippen molar-refractivity contribution >= 4 is 29.9 Å². The molecule has 0 spiro atoms. The number of hydrogen-bond donors (Lipinski definition) is 3. The van der Waals surface area contributed by atoms with Crippen LogP contribution in [0.5, 0.6) is 0 Å². The van der Waals surface area contributed by atoms with Gasteiger partial charge in [-0.05, 0) is 58.3 Å². The molecule has 2 heterocycles. The average molecular weight is 492 g/mol. The highest BCUT2D eigenvalue weighted by atomic mass is 127. The topological polar surface area (TPSA) is 73.0 Å². The molecule has 6 nitrogen and oxygen atoms in total. The molecule has 0 aliphatic carbocycles. The maximum atomic E-state index is 10.6. The van der Waals surface area contributed by atoms with Gasteiger partial charge in [0.25, 0.3) is 0 Å². The Morgan fingerprint density at radius 2 is 2.19 bits per heavy atom. The molecule has 2 atom stereocenters. The van der Waals surface area contributed by atoms with E-state index >= 15 is 0 Å². The number of nitrogens with one attached hydrogen (secondary N) is 2. The smallest absolute Gasteiger partial charge is 0.191 e. The summed E-state index contributed by atoms with van der Waals surface area (Å²) < 4.78 is 5.33. The number of guanidine groups is 1. The summed E-state index contributed by atoms with van der Waals surface area (Å²) in [5.74, 6) is 1.29. The Hall–Kier alpha value is -0.800. The number of furan rings is 1. The minimum absolute atomic E-state index is 0. The molecule has 1 aromatic heterocycles. The molecule has 3 N–H and O–H groups in total. The predicted molar refractivity (Wildman–Crippen MR) is 122 cm³/mol. The molecule has 0 aromatic carbocycles. The van der Waals surface area contributed by atoms with E-state index in [0.29, 0.717) is 11.8 Å².